The summed E-state index contributed by atoms with van der Waals surface area (Å²) in [4.78, 5) is 0. The Balaban J connectivity index is 1.98. The molecule has 1 heterocycles. The van der Waals surface area contributed by atoms with E-state index < -0.39 is 0 Å². The summed E-state index contributed by atoms with van der Waals surface area (Å²) in [6.07, 6.45) is 8.10. The van der Waals surface area contributed by atoms with Crippen molar-refractivity contribution in [3.8, 4) is 0 Å². The van der Waals surface area contributed by atoms with Crippen molar-refractivity contribution in [2.24, 2.45) is 11.3 Å². The van der Waals surface area contributed by atoms with Crippen LogP contribution in [0, 0.1) is 11.3 Å². The molecule has 1 aliphatic rings. The molecule has 1 aliphatic heterocycles. The molecule has 1 saturated heterocycles. The highest BCUT2D eigenvalue weighted by atomic mass is 14.9. The average molecular weight is 259 g/mol. The smallest absolute Gasteiger partial charge is 0.00121 e. The first-order valence-electron chi connectivity index (χ1n) is 7.99. The molecule has 2 unspecified atom stereocenters. The Morgan fingerprint density at radius 2 is 2.00 bits per heavy atom. The van der Waals surface area contributed by atoms with Gasteiger partial charge in [-0.2, -0.15) is 0 Å². The normalized spacial score (nSPS) is 27.4. The lowest BCUT2D eigenvalue weighted by Gasteiger charge is -2.42. The number of rotatable bonds is 6. The van der Waals surface area contributed by atoms with Gasteiger partial charge in [0.25, 0.3) is 0 Å². The Morgan fingerprint density at radius 1 is 1.21 bits per heavy atom. The van der Waals surface area contributed by atoms with Crippen LogP contribution in [0.15, 0.2) is 30.3 Å². The fourth-order valence-electron chi connectivity index (χ4n) is 3.43. The van der Waals surface area contributed by atoms with Gasteiger partial charge in [-0.15, -0.1) is 0 Å². The van der Waals surface area contributed by atoms with Gasteiger partial charge < -0.3 is 5.32 Å². The van der Waals surface area contributed by atoms with Gasteiger partial charge in [-0.3, -0.25) is 0 Å². The molecule has 1 heteroatoms. The van der Waals surface area contributed by atoms with Crippen LogP contribution in [0.1, 0.15) is 51.5 Å². The van der Waals surface area contributed by atoms with E-state index in [2.05, 4.69) is 49.5 Å². The molecule has 1 aromatic carbocycles. The SMILES string of the molecule is CCCCCC1(C)CCNCC1Cc1ccccc1. The van der Waals surface area contributed by atoms with Crippen molar-refractivity contribution in [1.82, 2.24) is 5.32 Å². The number of piperidine rings is 1. The van der Waals surface area contributed by atoms with Gasteiger partial charge in [-0.1, -0.05) is 63.4 Å². The second-order valence-electron chi connectivity index (χ2n) is 6.45. The number of hydrogen-bond acceptors (Lipinski definition) is 1. The summed E-state index contributed by atoms with van der Waals surface area (Å²) in [5.74, 6) is 0.792. The van der Waals surface area contributed by atoms with Crippen LogP contribution in [-0.4, -0.2) is 13.1 Å². The average Bonchev–Trinajstić information content (AvgIpc) is 2.43. The predicted molar refractivity (Wildman–Crippen MR) is 83.4 cm³/mol. The third-order valence-corrected chi connectivity index (χ3v) is 4.93. The van der Waals surface area contributed by atoms with Gasteiger partial charge in [0.2, 0.25) is 0 Å². The summed E-state index contributed by atoms with van der Waals surface area (Å²) >= 11 is 0. The maximum atomic E-state index is 3.60. The second-order valence-corrected chi connectivity index (χ2v) is 6.45. The molecule has 0 radical (unpaired) electrons. The van der Waals surface area contributed by atoms with Gasteiger partial charge >= 0.3 is 0 Å². The number of nitrogens with one attached hydrogen (secondary N) is 1. The zero-order valence-electron chi connectivity index (χ0n) is 12.6. The maximum absolute atomic E-state index is 3.60. The van der Waals surface area contributed by atoms with Crippen LogP contribution in [0.25, 0.3) is 0 Å². The summed E-state index contributed by atoms with van der Waals surface area (Å²) in [5, 5.41) is 3.60. The molecule has 106 valence electrons. The summed E-state index contributed by atoms with van der Waals surface area (Å²) < 4.78 is 0. The highest BCUT2D eigenvalue weighted by molar-refractivity contribution is 5.16. The standard InChI is InChI=1S/C18H29N/c1-3-4-8-11-18(2)12-13-19-15-17(18)14-16-9-6-5-7-10-16/h5-7,9-10,17,19H,3-4,8,11-15H2,1-2H3. The van der Waals surface area contributed by atoms with Crippen molar-refractivity contribution < 1.29 is 0 Å². The maximum Gasteiger partial charge on any atom is -0.00121 e. The molecule has 0 amide bonds. The monoisotopic (exact) mass is 259 g/mol. The Morgan fingerprint density at radius 3 is 2.74 bits per heavy atom. The fraction of sp³-hybridized carbons (Fsp3) is 0.667. The largest absolute Gasteiger partial charge is 0.316 e. The van der Waals surface area contributed by atoms with Crippen molar-refractivity contribution in [2.75, 3.05) is 13.1 Å². The minimum absolute atomic E-state index is 0.538. The summed E-state index contributed by atoms with van der Waals surface area (Å²) in [6.45, 7) is 7.22. The van der Waals surface area contributed by atoms with E-state index in [-0.39, 0.29) is 0 Å². The van der Waals surface area contributed by atoms with Crippen LogP contribution in [0.2, 0.25) is 0 Å². The van der Waals surface area contributed by atoms with Gasteiger partial charge in [-0.25, -0.2) is 0 Å². The molecule has 0 bridgehead atoms. The number of unbranched alkanes of at least 4 members (excludes halogenated alkanes) is 2. The third-order valence-electron chi connectivity index (χ3n) is 4.93. The number of hydrogen-bond donors (Lipinski definition) is 1. The van der Waals surface area contributed by atoms with Crippen molar-refractivity contribution in [2.45, 2.75) is 52.4 Å². The summed E-state index contributed by atoms with van der Waals surface area (Å²) in [6, 6.07) is 11.0. The van der Waals surface area contributed by atoms with Crippen LogP contribution in [0.5, 0.6) is 0 Å². The first-order chi connectivity index (χ1) is 9.24. The van der Waals surface area contributed by atoms with Gasteiger partial charge in [0.1, 0.15) is 0 Å². The van der Waals surface area contributed by atoms with Crippen molar-refractivity contribution in [3.63, 3.8) is 0 Å². The summed E-state index contributed by atoms with van der Waals surface area (Å²) in [5.41, 5.74) is 2.04. The lowest BCUT2D eigenvalue weighted by atomic mass is 9.67. The molecule has 1 N–H and O–H groups in total. The molecule has 2 rings (SSSR count). The van der Waals surface area contributed by atoms with Crippen LogP contribution in [0.3, 0.4) is 0 Å². The van der Waals surface area contributed by atoms with Crippen LogP contribution in [-0.2, 0) is 6.42 Å². The molecular formula is C18H29N. The Bertz CT molecular complexity index is 359. The highest BCUT2D eigenvalue weighted by Crippen LogP contribution is 2.40. The van der Waals surface area contributed by atoms with Gasteiger partial charge in [-0.05, 0) is 49.2 Å². The fourth-order valence-corrected chi connectivity index (χ4v) is 3.43. The van der Waals surface area contributed by atoms with Crippen molar-refractivity contribution in [1.29, 1.82) is 0 Å². The van der Waals surface area contributed by atoms with E-state index in [0.29, 0.717) is 5.41 Å². The molecular weight excluding hydrogens is 230 g/mol. The van der Waals surface area contributed by atoms with Crippen molar-refractivity contribution in [3.05, 3.63) is 35.9 Å². The zero-order chi connectivity index (χ0) is 13.6. The molecule has 0 aromatic heterocycles. The summed E-state index contributed by atoms with van der Waals surface area (Å²) in [7, 11) is 0. The van der Waals surface area contributed by atoms with Crippen LogP contribution >= 0.6 is 0 Å². The predicted octanol–water partition coefficient (Wildman–Crippen LogP) is 4.43. The van der Waals surface area contributed by atoms with Crippen LogP contribution < -0.4 is 5.32 Å². The molecule has 0 spiro atoms. The van der Waals surface area contributed by atoms with E-state index in [0.717, 1.165) is 5.92 Å². The Hall–Kier alpha value is -0.820. The zero-order valence-corrected chi connectivity index (χ0v) is 12.6. The minimum atomic E-state index is 0.538. The van der Waals surface area contributed by atoms with Gasteiger partial charge in [0.05, 0.1) is 0 Å². The first-order valence-corrected chi connectivity index (χ1v) is 7.99. The second kappa shape index (κ2) is 7.09. The third kappa shape index (κ3) is 4.07. The van der Waals surface area contributed by atoms with E-state index in [1.165, 1.54) is 57.2 Å². The molecule has 2 atom stereocenters. The van der Waals surface area contributed by atoms with E-state index in [1.54, 1.807) is 0 Å². The van der Waals surface area contributed by atoms with Gasteiger partial charge in [0.15, 0.2) is 0 Å². The molecule has 0 aliphatic carbocycles. The van der Waals surface area contributed by atoms with E-state index in [1.807, 2.05) is 0 Å². The van der Waals surface area contributed by atoms with Gasteiger partial charge in [0, 0.05) is 0 Å². The van der Waals surface area contributed by atoms with E-state index >= 15 is 0 Å². The molecule has 1 fully saturated rings. The topological polar surface area (TPSA) is 12.0 Å². The molecule has 1 aromatic rings. The van der Waals surface area contributed by atoms with E-state index in [9.17, 15) is 0 Å². The Labute approximate surface area is 118 Å². The quantitative estimate of drug-likeness (QED) is 0.745. The first kappa shape index (κ1) is 14.6. The van der Waals surface area contributed by atoms with E-state index in [4.69, 9.17) is 0 Å². The minimum Gasteiger partial charge on any atom is -0.316 e. The number of benzene rings is 1. The highest BCUT2D eigenvalue weighted by Gasteiger charge is 2.35. The van der Waals surface area contributed by atoms with Crippen LogP contribution in [0.4, 0.5) is 0 Å². The molecule has 1 nitrogen and oxygen atoms in total. The Kier molecular flexibility index (Phi) is 5.45. The lowest BCUT2D eigenvalue weighted by molar-refractivity contribution is 0.113. The molecule has 0 saturated carbocycles. The van der Waals surface area contributed by atoms with Crippen molar-refractivity contribution >= 4 is 0 Å². The molecule has 19 heavy (non-hydrogen) atoms. The lowest BCUT2D eigenvalue weighted by Crippen LogP contribution is -2.44.